The number of aryl methyl sites for hydroxylation is 1. The van der Waals surface area contributed by atoms with Crippen LogP contribution in [-0.4, -0.2) is 46.2 Å². The van der Waals surface area contributed by atoms with Crippen molar-refractivity contribution in [3.05, 3.63) is 28.2 Å². The summed E-state index contributed by atoms with van der Waals surface area (Å²) in [5.74, 6) is -0.407. The Morgan fingerprint density at radius 1 is 1.53 bits per heavy atom. The van der Waals surface area contributed by atoms with Crippen molar-refractivity contribution in [2.45, 2.75) is 18.4 Å². The van der Waals surface area contributed by atoms with E-state index in [-0.39, 0.29) is 17.8 Å². The van der Waals surface area contributed by atoms with Crippen LogP contribution in [0.1, 0.15) is 23.3 Å². The summed E-state index contributed by atoms with van der Waals surface area (Å²) in [6, 6.07) is 2.65. The monoisotopic (exact) mass is 267 g/mol. The van der Waals surface area contributed by atoms with E-state index in [1.54, 1.807) is 0 Å². The van der Waals surface area contributed by atoms with Crippen LogP contribution in [0, 0.1) is 0 Å². The number of hydrogen-bond donors (Lipinski definition) is 2. The molecule has 0 bridgehead atoms. The van der Waals surface area contributed by atoms with E-state index in [4.69, 9.17) is 4.74 Å². The average molecular weight is 267 g/mol. The third-order valence-corrected chi connectivity index (χ3v) is 3.19. The Balaban J connectivity index is 1.97. The Hall–Kier alpha value is -1.73. The Morgan fingerprint density at radius 3 is 2.84 bits per heavy atom. The predicted octanol–water partition coefficient (Wildman–Crippen LogP) is -0.948. The maximum Gasteiger partial charge on any atom is 0.271 e. The van der Waals surface area contributed by atoms with Gasteiger partial charge in [-0.25, -0.2) is 4.68 Å². The van der Waals surface area contributed by atoms with Crippen molar-refractivity contribution in [1.82, 2.24) is 15.1 Å². The van der Waals surface area contributed by atoms with Crippen LogP contribution < -0.4 is 10.9 Å². The lowest BCUT2D eigenvalue weighted by atomic mass is 9.94. The van der Waals surface area contributed by atoms with Crippen molar-refractivity contribution in [2.75, 3.05) is 19.8 Å². The number of aromatic nitrogens is 2. The molecule has 0 unspecified atom stereocenters. The molecule has 0 atom stereocenters. The van der Waals surface area contributed by atoms with Crippen LogP contribution in [0.3, 0.4) is 0 Å². The van der Waals surface area contributed by atoms with Crippen LogP contribution in [0.25, 0.3) is 0 Å². The molecule has 1 amide bonds. The molecule has 0 radical (unpaired) electrons. The van der Waals surface area contributed by atoms with Crippen LogP contribution in [0.5, 0.6) is 0 Å². The molecule has 7 heteroatoms. The van der Waals surface area contributed by atoms with E-state index >= 15 is 0 Å². The Kier molecular flexibility index (Phi) is 3.96. The summed E-state index contributed by atoms with van der Waals surface area (Å²) in [7, 11) is 1.48. The highest BCUT2D eigenvalue weighted by Gasteiger charge is 2.30. The summed E-state index contributed by atoms with van der Waals surface area (Å²) in [6.07, 6.45) is 0.988. The van der Waals surface area contributed by atoms with Gasteiger partial charge in [-0.3, -0.25) is 9.59 Å². The lowest BCUT2D eigenvalue weighted by molar-refractivity contribution is -0.0605. The molecule has 1 aliphatic heterocycles. The first-order valence-electron chi connectivity index (χ1n) is 6.13. The van der Waals surface area contributed by atoms with Crippen LogP contribution >= 0.6 is 0 Å². The highest BCUT2D eigenvalue weighted by Crippen LogP contribution is 2.19. The van der Waals surface area contributed by atoms with Crippen LogP contribution in [0.2, 0.25) is 0 Å². The summed E-state index contributed by atoms with van der Waals surface area (Å²) in [4.78, 5) is 23.0. The normalized spacial score (nSPS) is 18.0. The topological polar surface area (TPSA) is 93.5 Å². The van der Waals surface area contributed by atoms with E-state index < -0.39 is 11.5 Å². The molecular weight excluding hydrogens is 250 g/mol. The zero-order valence-corrected chi connectivity index (χ0v) is 10.8. The molecule has 2 N–H and O–H groups in total. The molecule has 2 heterocycles. The molecule has 19 heavy (non-hydrogen) atoms. The molecule has 0 aromatic carbocycles. The number of aliphatic hydroxyl groups is 1. The van der Waals surface area contributed by atoms with Crippen LogP contribution in [-0.2, 0) is 11.8 Å². The van der Waals surface area contributed by atoms with Gasteiger partial charge in [-0.1, -0.05) is 0 Å². The molecule has 7 nitrogen and oxygen atoms in total. The molecular formula is C12H17N3O4. The van der Waals surface area contributed by atoms with Gasteiger partial charge in [-0.05, 0) is 6.07 Å². The summed E-state index contributed by atoms with van der Waals surface area (Å²) < 4.78 is 6.26. The summed E-state index contributed by atoms with van der Waals surface area (Å²) in [5, 5.41) is 16.7. The lowest BCUT2D eigenvalue weighted by Gasteiger charge is -2.31. The summed E-state index contributed by atoms with van der Waals surface area (Å²) in [6.45, 7) is 1.13. The van der Waals surface area contributed by atoms with Gasteiger partial charge in [0, 0.05) is 45.7 Å². The van der Waals surface area contributed by atoms with Crippen molar-refractivity contribution in [3.8, 4) is 0 Å². The predicted molar refractivity (Wildman–Crippen MR) is 66.8 cm³/mol. The Labute approximate surface area is 110 Å². The van der Waals surface area contributed by atoms with Crippen molar-refractivity contribution in [2.24, 2.45) is 7.05 Å². The van der Waals surface area contributed by atoms with E-state index in [1.807, 2.05) is 0 Å². The number of amides is 1. The van der Waals surface area contributed by atoms with Gasteiger partial charge in [0.15, 0.2) is 0 Å². The summed E-state index contributed by atoms with van der Waals surface area (Å²) in [5.41, 5.74) is -1.05. The largest absolute Gasteiger partial charge is 0.388 e. The maximum atomic E-state index is 11.9. The Bertz CT molecular complexity index is 520. The second-order valence-electron chi connectivity index (χ2n) is 4.70. The second-order valence-corrected chi connectivity index (χ2v) is 4.70. The van der Waals surface area contributed by atoms with Crippen molar-refractivity contribution in [3.63, 3.8) is 0 Å². The quantitative estimate of drug-likeness (QED) is 0.736. The number of nitrogens with zero attached hydrogens (tertiary/aromatic N) is 2. The molecule has 1 saturated heterocycles. The molecule has 1 aromatic rings. The van der Waals surface area contributed by atoms with Gasteiger partial charge < -0.3 is 15.2 Å². The van der Waals surface area contributed by atoms with Gasteiger partial charge in [-0.2, -0.15) is 5.10 Å². The van der Waals surface area contributed by atoms with Gasteiger partial charge in [-0.15, -0.1) is 0 Å². The van der Waals surface area contributed by atoms with E-state index in [2.05, 4.69) is 10.4 Å². The maximum absolute atomic E-state index is 11.9. The first kappa shape index (κ1) is 13.7. The third kappa shape index (κ3) is 3.39. The fourth-order valence-electron chi connectivity index (χ4n) is 1.89. The lowest BCUT2D eigenvalue weighted by Crippen LogP contribution is -2.46. The molecule has 1 fully saturated rings. The van der Waals surface area contributed by atoms with Gasteiger partial charge >= 0.3 is 0 Å². The molecule has 0 aliphatic carbocycles. The minimum atomic E-state index is -0.922. The minimum Gasteiger partial charge on any atom is -0.388 e. The van der Waals surface area contributed by atoms with E-state index in [9.17, 15) is 14.7 Å². The third-order valence-electron chi connectivity index (χ3n) is 3.19. The number of nitrogens with one attached hydrogen (secondary N) is 1. The number of rotatable bonds is 3. The Morgan fingerprint density at radius 2 is 2.21 bits per heavy atom. The number of carbonyl (C=O) groups excluding carboxylic acids is 1. The van der Waals surface area contributed by atoms with E-state index in [0.717, 1.165) is 4.68 Å². The number of ether oxygens (including phenoxy) is 1. The zero-order chi connectivity index (χ0) is 13.9. The van der Waals surface area contributed by atoms with Gasteiger partial charge in [0.25, 0.3) is 11.5 Å². The van der Waals surface area contributed by atoms with Crippen molar-refractivity contribution >= 4 is 5.91 Å². The van der Waals surface area contributed by atoms with Gasteiger partial charge in [0.1, 0.15) is 5.69 Å². The van der Waals surface area contributed by atoms with Gasteiger partial charge in [0.2, 0.25) is 0 Å². The summed E-state index contributed by atoms with van der Waals surface area (Å²) >= 11 is 0. The fourth-order valence-corrected chi connectivity index (χ4v) is 1.89. The van der Waals surface area contributed by atoms with Gasteiger partial charge in [0.05, 0.1) is 5.60 Å². The highest BCUT2D eigenvalue weighted by molar-refractivity contribution is 5.92. The number of hydrogen-bond acceptors (Lipinski definition) is 5. The van der Waals surface area contributed by atoms with Crippen molar-refractivity contribution in [1.29, 1.82) is 0 Å². The molecule has 2 rings (SSSR count). The minimum absolute atomic E-state index is 0.151. The SMILES string of the molecule is Cn1nc(C(=O)NCC2(O)CCOCC2)ccc1=O. The molecule has 1 aromatic heterocycles. The van der Waals surface area contributed by atoms with Crippen LogP contribution in [0.15, 0.2) is 16.9 Å². The highest BCUT2D eigenvalue weighted by atomic mass is 16.5. The standard InChI is InChI=1S/C12H17N3O4/c1-15-10(16)3-2-9(14-15)11(17)13-8-12(18)4-6-19-7-5-12/h2-3,18H,4-8H2,1H3,(H,13,17). The van der Waals surface area contributed by atoms with Crippen molar-refractivity contribution < 1.29 is 14.6 Å². The number of carbonyl (C=O) groups is 1. The average Bonchev–Trinajstić information content (AvgIpc) is 2.40. The molecule has 1 aliphatic rings. The van der Waals surface area contributed by atoms with E-state index in [1.165, 1.54) is 19.2 Å². The van der Waals surface area contributed by atoms with E-state index in [0.29, 0.717) is 26.1 Å². The molecule has 0 spiro atoms. The first-order valence-corrected chi connectivity index (χ1v) is 6.13. The second kappa shape index (κ2) is 5.50. The first-order chi connectivity index (χ1) is 9.00. The molecule has 104 valence electrons. The molecule has 0 saturated carbocycles. The van der Waals surface area contributed by atoms with Crippen LogP contribution in [0.4, 0.5) is 0 Å². The fraction of sp³-hybridized carbons (Fsp3) is 0.583. The zero-order valence-electron chi connectivity index (χ0n) is 10.8. The smallest absolute Gasteiger partial charge is 0.271 e.